The maximum atomic E-state index is 11.7. The van der Waals surface area contributed by atoms with Gasteiger partial charge in [0.25, 0.3) is 0 Å². The third-order valence-electron chi connectivity index (χ3n) is 5.01. The van der Waals surface area contributed by atoms with Crippen LogP contribution >= 0.6 is 11.9 Å². The molecule has 1 aliphatic rings. The van der Waals surface area contributed by atoms with Gasteiger partial charge in [0, 0.05) is 27.0 Å². The second kappa shape index (κ2) is 18.4. The van der Waals surface area contributed by atoms with Crippen LogP contribution in [0.5, 0.6) is 11.5 Å². The molecule has 1 fully saturated rings. The highest BCUT2D eigenvalue weighted by Gasteiger charge is 2.29. The van der Waals surface area contributed by atoms with E-state index in [1.807, 2.05) is 30.3 Å². The SMILES string of the molecule is CCCCNc1cc(C(=O)O)cc(SNC2OCC(O)CC2O)c1Oc1ccccc1.CO.COC(C)=O. The molecule has 1 heterocycles. The molecule has 3 unspecified atom stereocenters. The van der Waals surface area contributed by atoms with Crippen LogP contribution < -0.4 is 14.8 Å². The Kier molecular flexibility index (Phi) is 16.0. The molecule has 0 amide bonds. The van der Waals surface area contributed by atoms with Crippen molar-refractivity contribution in [3.63, 3.8) is 0 Å². The van der Waals surface area contributed by atoms with E-state index in [0.717, 1.165) is 31.9 Å². The standard InChI is InChI=1S/C22H28N2O6S.C3H6O2.CH4O/c1-2-3-9-23-17-10-14(22(27)28)11-19(20(17)30-16-7-5-4-6-8-16)31-24-21-18(26)12-15(25)13-29-21;1-3(4)5-2;1-2/h4-8,10-11,15,18,21,23-26H,2-3,9,12-13H2,1H3,(H,27,28);1-2H3;2H,1H3. The van der Waals surface area contributed by atoms with Crippen LogP contribution in [-0.4, -0.2) is 78.2 Å². The number of unbranched alkanes of at least 4 members (excludes halogenated alkanes) is 1. The summed E-state index contributed by atoms with van der Waals surface area (Å²) >= 11 is 1.12. The Balaban J connectivity index is 0.000000924. The number of hydrogen-bond donors (Lipinski definition) is 6. The summed E-state index contributed by atoms with van der Waals surface area (Å²) in [5, 5.41) is 39.6. The minimum absolute atomic E-state index is 0.113. The van der Waals surface area contributed by atoms with Crippen LogP contribution in [0, 0.1) is 0 Å². The molecule has 212 valence electrons. The van der Waals surface area contributed by atoms with E-state index >= 15 is 0 Å². The Labute approximate surface area is 227 Å². The number of benzene rings is 2. The molecule has 0 aliphatic carbocycles. The molecule has 0 radical (unpaired) electrons. The number of aromatic carboxylic acids is 1. The zero-order valence-corrected chi connectivity index (χ0v) is 22.9. The van der Waals surface area contributed by atoms with Crippen LogP contribution in [0.15, 0.2) is 47.4 Å². The van der Waals surface area contributed by atoms with Crippen LogP contribution in [0.2, 0.25) is 0 Å². The lowest BCUT2D eigenvalue weighted by Gasteiger charge is -2.31. The lowest BCUT2D eigenvalue weighted by atomic mass is 10.1. The molecule has 2 aromatic rings. The number of hydrogen-bond acceptors (Lipinski definition) is 11. The first kappa shape index (κ1) is 33.2. The van der Waals surface area contributed by atoms with Crippen molar-refractivity contribution in [3.05, 3.63) is 48.0 Å². The highest BCUT2D eigenvalue weighted by Crippen LogP contribution is 2.40. The van der Waals surface area contributed by atoms with Crippen molar-refractivity contribution in [2.75, 3.05) is 32.7 Å². The number of aliphatic hydroxyl groups excluding tert-OH is 3. The van der Waals surface area contributed by atoms with E-state index < -0.39 is 24.4 Å². The Bertz CT molecular complexity index is 979. The van der Waals surface area contributed by atoms with Crippen molar-refractivity contribution in [1.82, 2.24) is 4.72 Å². The number of carbonyl (C=O) groups is 2. The summed E-state index contributed by atoms with van der Waals surface area (Å²) in [6.07, 6.45) is -0.188. The fraction of sp³-hybridized carbons (Fsp3) is 0.462. The van der Waals surface area contributed by atoms with Crippen molar-refractivity contribution >= 4 is 29.6 Å². The summed E-state index contributed by atoms with van der Waals surface area (Å²) in [7, 11) is 2.35. The molecule has 6 N–H and O–H groups in total. The Hall–Kier alpha value is -2.87. The number of ether oxygens (including phenoxy) is 3. The van der Waals surface area contributed by atoms with Crippen molar-refractivity contribution in [2.45, 2.75) is 56.4 Å². The normalized spacial score (nSPS) is 18.1. The number of rotatable bonds is 10. The molecule has 0 bridgehead atoms. The molecule has 3 rings (SSSR count). The van der Waals surface area contributed by atoms with Gasteiger partial charge >= 0.3 is 11.9 Å². The molecule has 2 aromatic carbocycles. The summed E-state index contributed by atoms with van der Waals surface area (Å²) in [5.74, 6) is -0.202. The van der Waals surface area contributed by atoms with E-state index in [-0.39, 0.29) is 24.6 Å². The van der Waals surface area contributed by atoms with Gasteiger partial charge in [-0.3, -0.25) is 4.79 Å². The predicted octanol–water partition coefficient (Wildman–Crippen LogP) is 3.24. The van der Waals surface area contributed by atoms with E-state index in [4.69, 9.17) is 14.6 Å². The van der Waals surface area contributed by atoms with Crippen molar-refractivity contribution in [2.24, 2.45) is 0 Å². The maximum Gasteiger partial charge on any atom is 0.335 e. The summed E-state index contributed by atoms with van der Waals surface area (Å²) in [6, 6.07) is 12.3. The van der Waals surface area contributed by atoms with Crippen LogP contribution in [-0.2, 0) is 14.3 Å². The molecule has 0 spiro atoms. The molecular formula is C26H38N2O9S. The summed E-state index contributed by atoms with van der Waals surface area (Å²) in [4.78, 5) is 21.8. The molecule has 12 heteroatoms. The van der Waals surface area contributed by atoms with E-state index in [1.165, 1.54) is 20.1 Å². The van der Waals surface area contributed by atoms with Gasteiger partial charge in [-0.25, -0.2) is 9.52 Å². The maximum absolute atomic E-state index is 11.7. The van der Waals surface area contributed by atoms with Crippen molar-refractivity contribution in [3.8, 4) is 11.5 Å². The number of aliphatic hydroxyl groups is 3. The summed E-state index contributed by atoms with van der Waals surface area (Å²) in [6.45, 7) is 4.22. The number of para-hydroxylation sites is 1. The molecule has 0 aromatic heterocycles. The molecule has 3 atom stereocenters. The minimum Gasteiger partial charge on any atom is -0.478 e. The predicted molar refractivity (Wildman–Crippen MR) is 145 cm³/mol. The molecule has 38 heavy (non-hydrogen) atoms. The topological polar surface area (TPSA) is 167 Å². The second-order valence-electron chi connectivity index (χ2n) is 7.98. The molecule has 1 aliphatic heterocycles. The third kappa shape index (κ3) is 11.7. The number of carboxylic acids is 1. The van der Waals surface area contributed by atoms with Gasteiger partial charge in [0.1, 0.15) is 12.0 Å². The monoisotopic (exact) mass is 554 g/mol. The quantitative estimate of drug-likeness (QED) is 0.144. The first-order valence-electron chi connectivity index (χ1n) is 12.0. The highest BCUT2D eigenvalue weighted by atomic mass is 32.2. The van der Waals surface area contributed by atoms with Gasteiger partial charge in [-0.15, -0.1) is 0 Å². The largest absolute Gasteiger partial charge is 0.478 e. The average molecular weight is 555 g/mol. The van der Waals surface area contributed by atoms with Crippen LogP contribution in [0.4, 0.5) is 5.69 Å². The van der Waals surface area contributed by atoms with Crippen molar-refractivity contribution < 1.29 is 44.2 Å². The van der Waals surface area contributed by atoms with Gasteiger partial charge < -0.3 is 40.0 Å². The Morgan fingerprint density at radius 2 is 1.82 bits per heavy atom. The van der Waals surface area contributed by atoms with E-state index in [1.54, 1.807) is 6.07 Å². The number of carbonyl (C=O) groups excluding carboxylic acids is 1. The number of nitrogens with one attached hydrogen (secondary N) is 2. The first-order chi connectivity index (χ1) is 18.2. The van der Waals surface area contributed by atoms with Crippen molar-refractivity contribution in [1.29, 1.82) is 0 Å². The number of anilines is 1. The lowest BCUT2D eigenvalue weighted by Crippen LogP contribution is -2.47. The van der Waals surface area contributed by atoms with Crippen LogP contribution in [0.3, 0.4) is 0 Å². The zero-order valence-electron chi connectivity index (χ0n) is 22.0. The highest BCUT2D eigenvalue weighted by molar-refractivity contribution is 7.97. The second-order valence-corrected chi connectivity index (χ2v) is 8.86. The number of carboxylic acid groups (broad SMARTS) is 1. The molecular weight excluding hydrogens is 516 g/mol. The third-order valence-corrected chi connectivity index (χ3v) is 5.89. The number of esters is 1. The molecule has 11 nitrogen and oxygen atoms in total. The van der Waals surface area contributed by atoms with E-state index in [2.05, 4.69) is 21.7 Å². The molecule has 1 saturated heterocycles. The fourth-order valence-corrected chi connectivity index (χ4v) is 3.97. The minimum atomic E-state index is -1.05. The van der Waals surface area contributed by atoms with Crippen LogP contribution in [0.25, 0.3) is 0 Å². The fourth-order valence-electron chi connectivity index (χ4n) is 3.07. The van der Waals surface area contributed by atoms with Gasteiger partial charge in [-0.05, 0) is 42.6 Å². The zero-order chi connectivity index (χ0) is 28.5. The smallest absolute Gasteiger partial charge is 0.335 e. The average Bonchev–Trinajstić information content (AvgIpc) is 2.91. The lowest BCUT2D eigenvalue weighted by molar-refractivity contribution is -0.137. The van der Waals surface area contributed by atoms with Gasteiger partial charge in [-0.2, -0.15) is 0 Å². The Morgan fingerprint density at radius 1 is 1.16 bits per heavy atom. The Morgan fingerprint density at radius 3 is 2.37 bits per heavy atom. The first-order valence-corrected chi connectivity index (χ1v) is 12.8. The van der Waals surface area contributed by atoms with Gasteiger partial charge in [-0.1, -0.05) is 31.5 Å². The van der Waals surface area contributed by atoms with Crippen LogP contribution in [0.1, 0.15) is 43.5 Å². The number of methoxy groups -OCH3 is 1. The van der Waals surface area contributed by atoms with Gasteiger partial charge in [0.15, 0.2) is 5.75 Å². The summed E-state index contributed by atoms with van der Waals surface area (Å²) < 4.78 is 18.7. The van der Waals surface area contributed by atoms with Gasteiger partial charge in [0.05, 0.1) is 42.1 Å². The molecule has 0 saturated carbocycles. The summed E-state index contributed by atoms with van der Waals surface area (Å²) in [5.41, 5.74) is 0.686. The van der Waals surface area contributed by atoms with E-state index in [9.17, 15) is 24.9 Å². The van der Waals surface area contributed by atoms with Gasteiger partial charge in [0.2, 0.25) is 0 Å². The van der Waals surface area contributed by atoms with E-state index in [0.29, 0.717) is 28.6 Å².